The first kappa shape index (κ1) is 87.6. The number of hydrogen-bond acceptors (Lipinski definition) is 30. The Bertz CT molecular complexity index is 1960. The number of unbranched alkanes of at least 4 members (excludes halogenated alkanes) is 20. The molecule has 22 fully saturated rings. The third-order valence-corrected chi connectivity index (χ3v) is 24.5. The van der Waals surface area contributed by atoms with E-state index >= 15 is 0 Å². The highest BCUT2D eigenvalue weighted by molar-refractivity contribution is 7.99. The molecule has 22 heterocycles. The van der Waals surface area contributed by atoms with Crippen LogP contribution < -0.4 is 0 Å². The molecule has 12 N–H and O–H groups in total. The van der Waals surface area contributed by atoms with Gasteiger partial charge in [0.1, 0.15) is 122 Å². The maximum Gasteiger partial charge on any atom is 0.187 e. The fraction of sp³-hybridized carbons (Fsp3) is 1.00. The third-order valence-electron chi connectivity index (χ3n) is 20.0. The lowest BCUT2D eigenvalue weighted by atomic mass is 9.95. The molecular weight excluding hydrogens is 1390 g/mol. The van der Waals surface area contributed by atoms with E-state index < -0.39 is 184 Å². The summed E-state index contributed by atoms with van der Waals surface area (Å²) in [7, 11) is 2.75. The van der Waals surface area contributed by atoms with Crippen molar-refractivity contribution in [3.63, 3.8) is 0 Å². The topological polar surface area (TPSA) is 372 Å². The average molecular weight is 1510 g/mol. The highest BCUT2D eigenvalue weighted by Crippen LogP contribution is 2.40. The molecule has 22 rings (SSSR count). The molecule has 12 bridgehead atoms. The first-order valence-electron chi connectivity index (χ1n) is 37.7. The van der Waals surface area contributed by atoms with E-state index in [2.05, 4.69) is 27.7 Å². The predicted octanol–water partition coefficient (Wildman–Crippen LogP) is 4.66. The lowest BCUT2D eigenvalue weighted by Crippen LogP contribution is -2.69. The average Bonchev–Trinajstić information content (AvgIpc) is 0.775. The van der Waals surface area contributed by atoms with Crippen molar-refractivity contribution >= 4 is 47.0 Å². The highest BCUT2D eigenvalue weighted by Gasteiger charge is 2.59. The van der Waals surface area contributed by atoms with Gasteiger partial charge in [-0.3, -0.25) is 0 Å². The van der Waals surface area contributed by atoms with Crippen LogP contribution in [0.15, 0.2) is 0 Å². The van der Waals surface area contributed by atoms with Crippen LogP contribution in [0.3, 0.4) is 0 Å². The number of aliphatic hydroxyl groups excluding tert-OH is 12. The van der Waals surface area contributed by atoms with E-state index in [1.165, 1.54) is 61.3 Å². The van der Waals surface area contributed by atoms with E-state index in [0.29, 0.717) is 23.0 Å². The number of hydrogen-bond donors (Lipinski definition) is 12. The Labute approximate surface area is 610 Å². The molecule has 0 aromatic heterocycles. The van der Waals surface area contributed by atoms with E-state index in [1.54, 1.807) is 0 Å². The minimum Gasteiger partial charge on any atom is -0.387 e. The highest BCUT2D eigenvalue weighted by atomic mass is 32.2. The van der Waals surface area contributed by atoms with E-state index in [0.717, 1.165) is 154 Å². The van der Waals surface area contributed by atoms with Gasteiger partial charge in [0, 0.05) is 37.2 Å². The summed E-state index contributed by atoms with van der Waals surface area (Å²) in [5.41, 5.74) is 0. The minimum atomic E-state index is -1.93. The SMILES string of the molecule is CCCCCCCCSCC1OC2OC3C(CSCCCCCCCC)OC(OC4C(COC)OC(OC5C(CSCCCCCCCC)OC(OC6C(CSCCCCCCCC)OC(OC7C(COC)OC(OC1C(O)C2O)C(O)C7O)C(O)C6O)C(O)C5O)C(O)C4O)C(O)C3O. The Morgan fingerprint density at radius 2 is 0.390 bits per heavy atom. The third kappa shape index (κ3) is 25.7. The summed E-state index contributed by atoms with van der Waals surface area (Å²) in [5, 5.41) is 146. The van der Waals surface area contributed by atoms with Crippen molar-refractivity contribution in [2.24, 2.45) is 0 Å². The van der Waals surface area contributed by atoms with Crippen molar-refractivity contribution in [1.82, 2.24) is 0 Å². The first-order chi connectivity index (χ1) is 48.4. The molecule has 26 nitrogen and oxygen atoms in total. The van der Waals surface area contributed by atoms with Crippen LogP contribution in [-0.2, 0) is 66.3 Å². The van der Waals surface area contributed by atoms with Crippen LogP contribution in [0, 0.1) is 0 Å². The van der Waals surface area contributed by atoms with Gasteiger partial charge < -0.3 is 128 Å². The first-order valence-corrected chi connectivity index (χ1v) is 42.4. The Kier molecular flexibility index (Phi) is 41.5. The zero-order chi connectivity index (χ0) is 72.1. The summed E-state index contributed by atoms with van der Waals surface area (Å²) < 4.78 is 89.0. The second-order valence-electron chi connectivity index (χ2n) is 28.0. The second-order valence-corrected chi connectivity index (χ2v) is 32.6. The van der Waals surface area contributed by atoms with Gasteiger partial charge in [0.05, 0.1) is 37.6 Å². The molecule has 0 saturated carbocycles. The summed E-state index contributed by atoms with van der Waals surface area (Å²) in [6.45, 7) is 8.05. The Morgan fingerprint density at radius 1 is 0.220 bits per heavy atom. The van der Waals surface area contributed by atoms with E-state index in [-0.39, 0.29) is 36.2 Å². The van der Waals surface area contributed by atoms with Gasteiger partial charge in [0.25, 0.3) is 0 Å². The molecule has 30 heteroatoms. The van der Waals surface area contributed by atoms with Crippen LogP contribution in [0.5, 0.6) is 0 Å². The molecule has 0 aromatic rings. The Balaban J connectivity index is 1.24. The lowest BCUT2D eigenvalue weighted by Gasteiger charge is -2.51. The van der Waals surface area contributed by atoms with Crippen LogP contribution in [0.2, 0.25) is 0 Å². The molecule has 100 heavy (non-hydrogen) atoms. The van der Waals surface area contributed by atoms with Crippen molar-refractivity contribution in [2.45, 2.75) is 366 Å². The summed E-state index contributed by atoms with van der Waals surface area (Å²) in [6.07, 6.45) is -23.9. The number of thioether (sulfide) groups is 4. The van der Waals surface area contributed by atoms with Crippen molar-refractivity contribution in [1.29, 1.82) is 0 Å². The quantitative estimate of drug-likeness (QED) is 0.0371. The fourth-order valence-electron chi connectivity index (χ4n) is 13.9. The van der Waals surface area contributed by atoms with Gasteiger partial charge in [-0.15, -0.1) is 0 Å². The maximum atomic E-state index is 12.3. The molecule has 588 valence electrons. The smallest absolute Gasteiger partial charge is 0.187 e. The second kappa shape index (κ2) is 47.4. The van der Waals surface area contributed by atoms with Gasteiger partial charge in [-0.05, 0) is 48.7 Å². The molecule has 0 amide bonds. The van der Waals surface area contributed by atoms with Crippen molar-refractivity contribution in [3.05, 3.63) is 0 Å². The van der Waals surface area contributed by atoms with Crippen LogP contribution in [-0.4, -0.2) is 319 Å². The summed E-state index contributed by atoms with van der Waals surface area (Å²) in [6, 6.07) is 0. The van der Waals surface area contributed by atoms with E-state index in [1.807, 2.05) is 0 Å². The normalized spacial score (nSPS) is 40.6. The van der Waals surface area contributed by atoms with Gasteiger partial charge in [-0.1, -0.05) is 156 Å². The van der Waals surface area contributed by atoms with E-state index in [4.69, 9.17) is 66.3 Å². The number of ether oxygens (including phenoxy) is 14. The monoisotopic (exact) mass is 1510 g/mol. The number of aliphatic hydroxyl groups is 12. The van der Waals surface area contributed by atoms with E-state index in [9.17, 15) is 61.3 Å². The number of rotatable bonds is 40. The Hall–Kier alpha value is 0.360. The Morgan fingerprint density at radius 3 is 0.580 bits per heavy atom. The van der Waals surface area contributed by atoms with Crippen LogP contribution in [0.1, 0.15) is 182 Å². The van der Waals surface area contributed by atoms with Crippen LogP contribution in [0.4, 0.5) is 0 Å². The fourth-order valence-corrected chi connectivity index (χ4v) is 18.2. The van der Waals surface area contributed by atoms with Crippen molar-refractivity contribution in [2.75, 3.05) is 73.5 Å². The zero-order valence-corrected chi connectivity index (χ0v) is 63.3. The summed E-state index contributed by atoms with van der Waals surface area (Å²) >= 11 is 6.00. The van der Waals surface area contributed by atoms with Gasteiger partial charge >= 0.3 is 0 Å². The van der Waals surface area contributed by atoms with Crippen molar-refractivity contribution < 1.29 is 128 Å². The largest absolute Gasteiger partial charge is 0.387 e. The van der Waals surface area contributed by atoms with Gasteiger partial charge in [0.2, 0.25) is 0 Å². The van der Waals surface area contributed by atoms with Gasteiger partial charge in [-0.2, -0.15) is 47.0 Å². The standard InChI is InChI=1S/C70H128O26S4/c1-7-11-15-19-23-27-31-97-37-43-61-51(75)57(81)69(89-43)95-63-45(39-99-33-29-25-21-17-13-9-3)87-67(55(79)49(63)73)92-60-42(36-84-6)86-66(54(78)48(60)72)94-62-44(38-98-32-28-24-20-16-12-8-2)90-70(58(82)52(62)76)96-64-46(40-100-34-30-26-22-18-14-10-4)88-68(56(80)50(64)74)91-59-41(35-83-5)85-65(93-61)53(77)47(59)71/h41-82H,7-40H2,1-6H3. The molecule has 0 aliphatic carbocycles. The molecule has 22 saturated heterocycles. The maximum absolute atomic E-state index is 12.3. The molecule has 0 spiro atoms. The van der Waals surface area contributed by atoms with Crippen LogP contribution in [0.25, 0.3) is 0 Å². The minimum absolute atomic E-state index is 0.155. The summed E-state index contributed by atoms with van der Waals surface area (Å²) in [5.74, 6) is 3.36. The molecule has 0 radical (unpaired) electrons. The molecule has 0 aromatic carbocycles. The lowest BCUT2D eigenvalue weighted by molar-refractivity contribution is -0.399. The molecular formula is C70H128O26S4. The zero-order valence-electron chi connectivity index (χ0n) is 60.1. The van der Waals surface area contributed by atoms with Crippen LogP contribution >= 0.6 is 47.0 Å². The molecule has 30 unspecified atom stereocenters. The van der Waals surface area contributed by atoms with Crippen molar-refractivity contribution in [3.8, 4) is 0 Å². The van der Waals surface area contributed by atoms with Gasteiger partial charge in [-0.25, -0.2) is 0 Å². The van der Waals surface area contributed by atoms with Gasteiger partial charge in [0.15, 0.2) is 37.7 Å². The molecule has 22 aliphatic rings. The number of methoxy groups -OCH3 is 2. The molecule has 22 aliphatic heterocycles. The predicted molar refractivity (Wildman–Crippen MR) is 380 cm³/mol. The molecule has 30 atom stereocenters. The summed E-state index contributed by atoms with van der Waals surface area (Å²) in [4.78, 5) is 0.